The van der Waals surface area contributed by atoms with Crippen molar-refractivity contribution in [3.8, 4) is 0 Å². The van der Waals surface area contributed by atoms with Crippen molar-refractivity contribution < 1.29 is 18.7 Å². The van der Waals surface area contributed by atoms with Crippen LogP contribution >= 0.6 is 0 Å². The molecule has 7 nitrogen and oxygen atoms in total. The van der Waals surface area contributed by atoms with Crippen molar-refractivity contribution in [3.63, 3.8) is 0 Å². The fourth-order valence-electron chi connectivity index (χ4n) is 2.59. The summed E-state index contributed by atoms with van der Waals surface area (Å²) in [5, 5.41) is 14.9. The highest BCUT2D eigenvalue weighted by Gasteiger charge is 2.35. The van der Waals surface area contributed by atoms with Gasteiger partial charge in [-0.15, -0.1) is 0 Å². The summed E-state index contributed by atoms with van der Waals surface area (Å²) in [5.41, 5.74) is 0.717. The van der Waals surface area contributed by atoms with Crippen LogP contribution in [0.5, 0.6) is 0 Å². The molecule has 23 heavy (non-hydrogen) atoms. The van der Waals surface area contributed by atoms with Crippen LogP contribution in [0.4, 0.5) is 0 Å². The third kappa shape index (κ3) is 3.35. The van der Waals surface area contributed by atoms with E-state index in [1.807, 2.05) is 12.1 Å². The van der Waals surface area contributed by atoms with Gasteiger partial charge in [0.15, 0.2) is 0 Å². The summed E-state index contributed by atoms with van der Waals surface area (Å²) in [7, 11) is 1.78. The largest absolute Gasteiger partial charge is 0.467 e. The number of rotatable bonds is 6. The van der Waals surface area contributed by atoms with Gasteiger partial charge in [-0.05, 0) is 31.3 Å². The van der Waals surface area contributed by atoms with Gasteiger partial charge in [0.25, 0.3) is 5.91 Å². The van der Waals surface area contributed by atoms with Crippen LogP contribution < -0.4 is 0 Å². The Labute approximate surface area is 133 Å². The van der Waals surface area contributed by atoms with E-state index in [2.05, 4.69) is 5.10 Å². The molecular formula is C16H19N3O4. The zero-order valence-electron chi connectivity index (χ0n) is 12.9. The fourth-order valence-corrected chi connectivity index (χ4v) is 2.59. The van der Waals surface area contributed by atoms with E-state index >= 15 is 0 Å². The standard InChI is InChI=1S/C16H19N3O4/c1-18(6-7-20)11-16(21)19-13(15-5-3-9-23-15)10-12(17-19)14-4-2-8-22-14/h2-5,8-9,13,20H,6-7,10-11H2,1H3. The summed E-state index contributed by atoms with van der Waals surface area (Å²) in [4.78, 5) is 14.3. The van der Waals surface area contributed by atoms with Crippen molar-refractivity contribution in [2.24, 2.45) is 5.10 Å². The van der Waals surface area contributed by atoms with E-state index in [1.165, 1.54) is 5.01 Å². The number of amides is 1. The molecule has 0 bridgehead atoms. The topological polar surface area (TPSA) is 82.4 Å². The average molecular weight is 317 g/mol. The highest BCUT2D eigenvalue weighted by molar-refractivity contribution is 6.01. The minimum Gasteiger partial charge on any atom is -0.467 e. The molecule has 2 aromatic heterocycles. The molecule has 0 aromatic carbocycles. The Morgan fingerprint density at radius 1 is 1.39 bits per heavy atom. The highest BCUT2D eigenvalue weighted by atomic mass is 16.3. The van der Waals surface area contributed by atoms with Gasteiger partial charge in [-0.2, -0.15) is 5.10 Å². The average Bonchev–Trinajstić information content (AvgIpc) is 3.27. The van der Waals surface area contributed by atoms with Gasteiger partial charge in [0.2, 0.25) is 0 Å². The molecular weight excluding hydrogens is 298 g/mol. The maximum atomic E-state index is 12.6. The molecule has 0 radical (unpaired) electrons. The zero-order valence-corrected chi connectivity index (χ0v) is 12.9. The number of carbonyl (C=O) groups is 1. The monoisotopic (exact) mass is 317 g/mol. The maximum absolute atomic E-state index is 12.6. The summed E-state index contributed by atoms with van der Waals surface area (Å²) < 4.78 is 10.9. The summed E-state index contributed by atoms with van der Waals surface area (Å²) >= 11 is 0. The second-order valence-electron chi connectivity index (χ2n) is 5.46. The first-order valence-electron chi connectivity index (χ1n) is 7.45. The van der Waals surface area contributed by atoms with Gasteiger partial charge in [0, 0.05) is 13.0 Å². The van der Waals surface area contributed by atoms with Crippen LogP contribution in [-0.2, 0) is 4.79 Å². The van der Waals surface area contributed by atoms with Crippen LogP contribution in [-0.4, -0.2) is 53.4 Å². The van der Waals surface area contributed by atoms with Gasteiger partial charge < -0.3 is 13.9 Å². The minimum absolute atomic E-state index is 0.00626. The Balaban J connectivity index is 1.81. The quantitative estimate of drug-likeness (QED) is 0.872. The van der Waals surface area contributed by atoms with E-state index in [-0.39, 0.29) is 25.1 Å². The van der Waals surface area contributed by atoms with Crippen LogP contribution in [0.2, 0.25) is 0 Å². The van der Waals surface area contributed by atoms with Crippen molar-refractivity contribution in [1.29, 1.82) is 0 Å². The van der Waals surface area contributed by atoms with Gasteiger partial charge in [0.05, 0.1) is 25.7 Å². The normalized spacial score (nSPS) is 17.8. The van der Waals surface area contributed by atoms with Crippen LogP contribution in [0.1, 0.15) is 24.0 Å². The number of hydrogen-bond acceptors (Lipinski definition) is 6. The Bertz CT molecular complexity index is 664. The lowest BCUT2D eigenvalue weighted by Crippen LogP contribution is -2.37. The first kappa shape index (κ1) is 15.5. The van der Waals surface area contributed by atoms with Crippen molar-refractivity contribution in [1.82, 2.24) is 9.91 Å². The number of nitrogens with zero attached hydrogens (tertiary/aromatic N) is 3. The summed E-state index contributed by atoms with van der Waals surface area (Å²) in [6, 6.07) is 6.97. The zero-order chi connectivity index (χ0) is 16.2. The minimum atomic E-state index is -0.278. The van der Waals surface area contributed by atoms with Gasteiger partial charge in [-0.25, -0.2) is 5.01 Å². The molecule has 1 atom stereocenters. The Morgan fingerprint density at radius 2 is 2.17 bits per heavy atom. The molecule has 1 N–H and O–H groups in total. The van der Waals surface area contributed by atoms with Crippen LogP contribution in [0.3, 0.4) is 0 Å². The molecule has 122 valence electrons. The second-order valence-corrected chi connectivity index (χ2v) is 5.46. The molecule has 0 spiro atoms. The van der Waals surface area contributed by atoms with Gasteiger partial charge in [-0.3, -0.25) is 9.69 Å². The van der Waals surface area contributed by atoms with Crippen LogP contribution in [0.15, 0.2) is 50.7 Å². The molecule has 1 amide bonds. The summed E-state index contributed by atoms with van der Waals surface area (Å²) in [6.45, 7) is 0.610. The number of aliphatic hydroxyl groups excluding tert-OH is 1. The third-order valence-corrected chi connectivity index (χ3v) is 3.73. The van der Waals surface area contributed by atoms with E-state index in [0.29, 0.717) is 24.5 Å². The van der Waals surface area contributed by atoms with Gasteiger partial charge in [-0.1, -0.05) is 0 Å². The smallest absolute Gasteiger partial charge is 0.257 e. The molecule has 2 aromatic rings. The number of carbonyl (C=O) groups excluding carboxylic acids is 1. The molecule has 1 aliphatic heterocycles. The van der Waals surface area contributed by atoms with Crippen LogP contribution in [0.25, 0.3) is 0 Å². The predicted octanol–water partition coefficient (Wildman–Crippen LogP) is 1.47. The lowest BCUT2D eigenvalue weighted by Gasteiger charge is -2.22. The molecule has 3 heterocycles. The van der Waals surface area contributed by atoms with E-state index in [0.717, 1.165) is 5.71 Å². The van der Waals surface area contributed by atoms with Crippen molar-refractivity contribution in [2.75, 3.05) is 26.7 Å². The maximum Gasteiger partial charge on any atom is 0.257 e. The van der Waals surface area contributed by atoms with E-state index in [1.54, 1.807) is 36.6 Å². The second kappa shape index (κ2) is 6.80. The lowest BCUT2D eigenvalue weighted by molar-refractivity contribution is -0.134. The van der Waals surface area contributed by atoms with Crippen molar-refractivity contribution in [2.45, 2.75) is 12.5 Å². The molecule has 0 saturated carbocycles. The molecule has 1 aliphatic rings. The predicted molar refractivity (Wildman–Crippen MR) is 82.7 cm³/mol. The third-order valence-electron chi connectivity index (χ3n) is 3.73. The molecule has 0 saturated heterocycles. The molecule has 1 unspecified atom stereocenters. The van der Waals surface area contributed by atoms with Crippen molar-refractivity contribution in [3.05, 3.63) is 48.3 Å². The Morgan fingerprint density at radius 3 is 2.83 bits per heavy atom. The van der Waals surface area contributed by atoms with E-state index < -0.39 is 0 Å². The van der Waals surface area contributed by atoms with E-state index in [4.69, 9.17) is 13.9 Å². The lowest BCUT2D eigenvalue weighted by atomic mass is 10.1. The number of furan rings is 2. The SMILES string of the molecule is CN(CCO)CC(=O)N1N=C(c2ccco2)CC1c1ccco1. The van der Waals surface area contributed by atoms with Gasteiger partial charge in [0.1, 0.15) is 23.3 Å². The molecule has 7 heteroatoms. The Hall–Kier alpha value is -2.38. The molecule has 3 rings (SSSR count). The first-order chi connectivity index (χ1) is 11.2. The summed E-state index contributed by atoms with van der Waals surface area (Å²) in [5.74, 6) is 1.19. The van der Waals surface area contributed by atoms with Gasteiger partial charge >= 0.3 is 0 Å². The number of hydrazone groups is 1. The van der Waals surface area contributed by atoms with Crippen molar-refractivity contribution >= 4 is 11.6 Å². The van der Waals surface area contributed by atoms with E-state index in [9.17, 15) is 4.79 Å². The Kier molecular flexibility index (Phi) is 4.59. The first-order valence-corrected chi connectivity index (χ1v) is 7.45. The number of aliphatic hydroxyl groups is 1. The highest BCUT2D eigenvalue weighted by Crippen LogP contribution is 2.33. The van der Waals surface area contributed by atoms with Crippen LogP contribution in [0, 0.1) is 0 Å². The molecule has 0 fully saturated rings. The number of hydrogen-bond donors (Lipinski definition) is 1. The summed E-state index contributed by atoms with van der Waals surface area (Å²) in [6.07, 6.45) is 3.70. The molecule has 0 aliphatic carbocycles. The fraction of sp³-hybridized carbons (Fsp3) is 0.375. The number of likely N-dealkylation sites (N-methyl/N-ethyl adjacent to an activating group) is 1.